The number of halogens is 1. The molecule has 1 saturated heterocycles. The maximum absolute atomic E-state index is 13.0. The maximum Gasteiger partial charge on any atom is 0.0997 e. The summed E-state index contributed by atoms with van der Waals surface area (Å²) in [5, 5.41) is 0. The molecule has 1 heterocycles. The SMILES string of the molecule is C=C(/C=C\C(C)=C(/C)F)C12CC1CN(C(C)C)C2. The molecule has 2 atom stereocenters. The van der Waals surface area contributed by atoms with E-state index in [9.17, 15) is 4.39 Å². The van der Waals surface area contributed by atoms with Gasteiger partial charge in [-0.3, -0.25) is 4.90 Å². The smallest absolute Gasteiger partial charge is 0.0997 e. The first-order valence-electron chi connectivity index (χ1n) is 6.81. The Morgan fingerprint density at radius 2 is 2.06 bits per heavy atom. The lowest BCUT2D eigenvalue weighted by atomic mass is 9.95. The van der Waals surface area contributed by atoms with Gasteiger partial charge in [0.05, 0.1) is 5.83 Å². The highest BCUT2D eigenvalue weighted by molar-refractivity contribution is 5.38. The Kier molecular flexibility index (Phi) is 3.50. The number of fused-ring (bicyclic) bond motifs is 1. The minimum Gasteiger partial charge on any atom is -0.300 e. The molecule has 1 saturated carbocycles. The Morgan fingerprint density at radius 1 is 1.39 bits per heavy atom. The van der Waals surface area contributed by atoms with E-state index in [2.05, 4.69) is 25.3 Å². The van der Waals surface area contributed by atoms with E-state index >= 15 is 0 Å². The van der Waals surface area contributed by atoms with Crippen molar-refractivity contribution in [3.8, 4) is 0 Å². The van der Waals surface area contributed by atoms with Crippen molar-refractivity contribution in [2.45, 2.75) is 40.2 Å². The highest BCUT2D eigenvalue weighted by Crippen LogP contribution is 2.62. The summed E-state index contributed by atoms with van der Waals surface area (Å²) in [4.78, 5) is 2.52. The van der Waals surface area contributed by atoms with Crippen LogP contribution in [0.4, 0.5) is 4.39 Å². The van der Waals surface area contributed by atoms with Gasteiger partial charge in [0.25, 0.3) is 0 Å². The largest absolute Gasteiger partial charge is 0.300 e. The Morgan fingerprint density at radius 3 is 2.56 bits per heavy atom. The molecule has 100 valence electrons. The zero-order valence-electron chi connectivity index (χ0n) is 12.0. The molecule has 2 aliphatic rings. The van der Waals surface area contributed by atoms with Crippen LogP contribution in [-0.2, 0) is 0 Å². The summed E-state index contributed by atoms with van der Waals surface area (Å²) in [6.45, 7) is 14.3. The average molecular weight is 249 g/mol. The van der Waals surface area contributed by atoms with Crippen molar-refractivity contribution in [3.05, 3.63) is 35.7 Å². The summed E-state index contributed by atoms with van der Waals surface area (Å²) in [6.07, 6.45) is 5.14. The third-order valence-corrected chi connectivity index (χ3v) is 4.62. The number of nitrogens with zero attached hydrogens (tertiary/aromatic N) is 1. The topological polar surface area (TPSA) is 3.24 Å². The van der Waals surface area contributed by atoms with Gasteiger partial charge >= 0.3 is 0 Å². The van der Waals surface area contributed by atoms with Crippen molar-refractivity contribution in [2.24, 2.45) is 11.3 Å². The quantitative estimate of drug-likeness (QED) is 0.678. The molecule has 0 aromatic rings. The van der Waals surface area contributed by atoms with E-state index < -0.39 is 0 Å². The molecule has 0 spiro atoms. The van der Waals surface area contributed by atoms with Crippen molar-refractivity contribution in [3.63, 3.8) is 0 Å². The number of piperidine rings is 1. The van der Waals surface area contributed by atoms with Crippen molar-refractivity contribution in [1.29, 1.82) is 0 Å². The van der Waals surface area contributed by atoms with Gasteiger partial charge in [-0.15, -0.1) is 0 Å². The van der Waals surface area contributed by atoms with Crippen LogP contribution in [0, 0.1) is 11.3 Å². The van der Waals surface area contributed by atoms with Crippen LogP contribution in [0.5, 0.6) is 0 Å². The molecule has 0 N–H and O–H groups in total. The molecule has 1 nitrogen and oxygen atoms in total. The summed E-state index contributed by atoms with van der Waals surface area (Å²) in [7, 11) is 0. The van der Waals surface area contributed by atoms with Crippen LogP contribution < -0.4 is 0 Å². The third kappa shape index (κ3) is 2.31. The minimum absolute atomic E-state index is 0.112. The molecule has 2 rings (SSSR count). The summed E-state index contributed by atoms with van der Waals surface area (Å²) < 4.78 is 13.0. The molecule has 0 aromatic carbocycles. The molecule has 0 radical (unpaired) electrons. The Balaban J connectivity index is 2.02. The lowest BCUT2D eigenvalue weighted by Crippen LogP contribution is -2.31. The molecular weight excluding hydrogens is 225 g/mol. The molecule has 2 heteroatoms. The summed E-state index contributed by atoms with van der Waals surface area (Å²) >= 11 is 0. The molecule has 0 aromatic heterocycles. The van der Waals surface area contributed by atoms with E-state index in [0.717, 1.165) is 12.5 Å². The van der Waals surface area contributed by atoms with E-state index in [4.69, 9.17) is 0 Å². The van der Waals surface area contributed by atoms with Crippen LogP contribution in [0.1, 0.15) is 34.1 Å². The zero-order chi connectivity index (χ0) is 13.5. The van der Waals surface area contributed by atoms with Gasteiger partial charge in [-0.05, 0) is 51.2 Å². The van der Waals surface area contributed by atoms with E-state index in [1.54, 1.807) is 6.92 Å². The van der Waals surface area contributed by atoms with Crippen LogP contribution >= 0.6 is 0 Å². The van der Waals surface area contributed by atoms with Crippen molar-refractivity contribution >= 4 is 0 Å². The van der Waals surface area contributed by atoms with Gasteiger partial charge in [-0.25, -0.2) is 4.39 Å². The van der Waals surface area contributed by atoms with Gasteiger partial charge < -0.3 is 0 Å². The molecule has 0 amide bonds. The molecule has 18 heavy (non-hydrogen) atoms. The normalized spacial score (nSPS) is 32.9. The first kappa shape index (κ1) is 13.5. The number of allylic oxidation sites excluding steroid dienone is 4. The van der Waals surface area contributed by atoms with Crippen LogP contribution in [-0.4, -0.2) is 24.0 Å². The van der Waals surface area contributed by atoms with Crippen molar-refractivity contribution < 1.29 is 4.39 Å². The minimum atomic E-state index is -0.112. The number of likely N-dealkylation sites (tertiary alicyclic amines) is 1. The Hall–Kier alpha value is -0.890. The lowest BCUT2D eigenvalue weighted by molar-refractivity contribution is 0.238. The van der Waals surface area contributed by atoms with Gasteiger partial charge in [-0.2, -0.15) is 0 Å². The fourth-order valence-corrected chi connectivity index (χ4v) is 2.92. The van der Waals surface area contributed by atoms with Crippen LogP contribution in [0.3, 0.4) is 0 Å². The monoisotopic (exact) mass is 249 g/mol. The maximum atomic E-state index is 13.0. The second-order valence-corrected chi connectivity index (χ2v) is 6.16. The lowest BCUT2D eigenvalue weighted by Gasteiger charge is -2.24. The van der Waals surface area contributed by atoms with E-state index in [-0.39, 0.29) is 5.83 Å². The standard InChI is InChI=1S/C16H24FN/c1-11(2)18-9-15-8-16(15,10-18)13(4)7-6-12(3)14(5)17/h6-7,11,15H,4,8-10H2,1-3,5H3/b7-6-,14-12+. The van der Waals surface area contributed by atoms with E-state index in [1.807, 2.05) is 12.2 Å². The summed E-state index contributed by atoms with van der Waals surface area (Å²) in [5.74, 6) is 0.659. The first-order chi connectivity index (χ1) is 8.36. The second kappa shape index (κ2) is 4.65. The van der Waals surface area contributed by atoms with Crippen molar-refractivity contribution in [1.82, 2.24) is 4.90 Å². The van der Waals surface area contributed by atoms with Gasteiger partial charge in [0.1, 0.15) is 0 Å². The first-order valence-corrected chi connectivity index (χ1v) is 6.81. The number of hydrogen-bond acceptors (Lipinski definition) is 1. The zero-order valence-corrected chi connectivity index (χ0v) is 12.0. The van der Waals surface area contributed by atoms with Gasteiger partial charge in [-0.1, -0.05) is 18.7 Å². The number of hydrogen-bond donors (Lipinski definition) is 0. The predicted octanol–water partition coefficient (Wildman–Crippen LogP) is 4.09. The van der Waals surface area contributed by atoms with E-state index in [1.165, 1.54) is 25.5 Å². The molecule has 1 aliphatic heterocycles. The Bertz CT molecular complexity index is 415. The third-order valence-electron chi connectivity index (χ3n) is 4.62. The van der Waals surface area contributed by atoms with Crippen LogP contribution in [0.2, 0.25) is 0 Å². The predicted molar refractivity (Wildman–Crippen MR) is 75.0 cm³/mol. The second-order valence-electron chi connectivity index (χ2n) is 6.16. The van der Waals surface area contributed by atoms with Crippen LogP contribution in [0.25, 0.3) is 0 Å². The van der Waals surface area contributed by atoms with Crippen LogP contribution in [0.15, 0.2) is 35.7 Å². The molecule has 2 unspecified atom stereocenters. The van der Waals surface area contributed by atoms with Gasteiger partial charge in [0, 0.05) is 24.5 Å². The Labute approximate surface area is 110 Å². The highest BCUT2D eigenvalue weighted by Gasteiger charge is 2.60. The molecular formula is C16H24FN. The fourth-order valence-electron chi connectivity index (χ4n) is 2.92. The van der Waals surface area contributed by atoms with Crippen molar-refractivity contribution in [2.75, 3.05) is 13.1 Å². The summed E-state index contributed by atoms with van der Waals surface area (Å²) in [5.41, 5.74) is 2.17. The van der Waals surface area contributed by atoms with Gasteiger partial charge in [0.2, 0.25) is 0 Å². The average Bonchev–Trinajstić information content (AvgIpc) is 2.88. The molecule has 0 bridgehead atoms. The van der Waals surface area contributed by atoms with Gasteiger partial charge in [0.15, 0.2) is 0 Å². The highest BCUT2D eigenvalue weighted by atomic mass is 19.1. The summed E-state index contributed by atoms with van der Waals surface area (Å²) in [6, 6.07) is 0.612. The molecule has 1 aliphatic carbocycles. The number of rotatable bonds is 4. The van der Waals surface area contributed by atoms with E-state index in [0.29, 0.717) is 17.0 Å². The molecule has 2 fully saturated rings. The fraction of sp³-hybridized carbons (Fsp3) is 0.625.